The number of hydrogen-bond acceptors (Lipinski definition) is 4. The fourth-order valence-electron chi connectivity index (χ4n) is 1.69. The molecule has 20 heavy (non-hydrogen) atoms. The summed E-state index contributed by atoms with van der Waals surface area (Å²) in [6.45, 7) is 3.08. The molecule has 0 aliphatic rings. The van der Waals surface area contributed by atoms with Crippen molar-refractivity contribution in [2.45, 2.75) is 13.3 Å². The Hall–Kier alpha value is -1.31. The van der Waals surface area contributed by atoms with Gasteiger partial charge in [-0.1, -0.05) is 0 Å². The van der Waals surface area contributed by atoms with Gasteiger partial charge in [-0.2, -0.15) is 12.7 Å². The summed E-state index contributed by atoms with van der Waals surface area (Å²) in [7, 11) is 1.46. The lowest BCUT2D eigenvalue weighted by Crippen LogP contribution is -2.34. The molecule has 1 aromatic rings. The Morgan fingerprint density at radius 3 is 2.60 bits per heavy atom. The molecule has 2 N–H and O–H groups in total. The number of nitrogens with zero attached hydrogens (tertiary/aromatic N) is 1. The summed E-state index contributed by atoms with van der Waals surface area (Å²) in [6, 6.07) is 5.22. The van der Waals surface area contributed by atoms with Crippen LogP contribution in [-0.4, -0.2) is 47.0 Å². The highest BCUT2D eigenvalue weighted by Gasteiger charge is 2.17. The molecule has 0 saturated heterocycles. The van der Waals surface area contributed by atoms with Crippen molar-refractivity contribution in [1.82, 2.24) is 9.62 Å². The highest BCUT2D eigenvalue weighted by Crippen LogP contribution is 2.22. The molecular formula is C13H23N3O3S. The third-order valence-electron chi connectivity index (χ3n) is 2.98. The second-order valence-corrected chi connectivity index (χ2v) is 6.34. The number of ether oxygens (including phenoxy) is 1. The van der Waals surface area contributed by atoms with Gasteiger partial charge in [-0.15, -0.1) is 0 Å². The molecule has 0 saturated carbocycles. The average molecular weight is 301 g/mol. The molecule has 0 atom stereocenters. The van der Waals surface area contributed by atoms with Gasteiger partial charge < -0.3 is 10.1 Å². The monoisotopic (exact) mass is 301 g/mol. The number of nitrogens with one attached hydrogen (secondary N) is 2. The van der Waals surface area contributed by atoms with Crippen LogP contribution in [0.15, 0.2) is 18.2 Å². The largest absolute Gasteiger partial charge is 0.497 e. The fraction of sp³-hybridized carbons (Fsp3) is 0.538. The minimum Gasteiger partial charge on any atom is -0.497 e. The first-order chi connectivity index (χ1) is 9.40. The summed E-state index contributed by atoms with van der Waals surface area (Å²) in [5, 5.41) is 2.99. The van der Waals surface area contributed by atoms with Gasteiger partial charge in [0.25, 0.3) is 0 Å². The quantitative estimate of drug-likeness (QED) is 0.708. The highest BCUT2D eigenvalue weighted by molar-refractivity contribution is 7.90. The van der Waals surface area contributed by atoms with Crippen LogP contribution in [0, 0.1) is 6.92 Å². The molecule has 0 aliphatic heterocycles. The molecule has 0 heterocycles. The van der Waals surface area contributed by atoms with Gasteiger partial charge in [0.05, 0.1) is 12.8 Å². The zero-order chi connectivity index (χ0) is 15.2. The van der Waals surface area contributed by atoms with E-state index >= 15 is 0 Å². The standard InChI is InChI=1S/C13H23N3O3S/c1-11-10-12(19-4)6-7-13(11)15-20(17,18)16(3)9-5-8-14-2/h6-7,10,14-15H,5,8-9H2,1-4H3. The van der Waals surface area contributed by atoms with E-state index in [1.165, 1.54) is 4.31 Å². The van der Waals surface area contributed by atoms with E-state index in [-0.39, 0.29) is 0 Å². The Balaban J connectivity index is 2.75. The van der Waals surface area contributed by atoms with Gasteiger partial charge in [0.2, 0.25) is 0 Å². The van der Waals surface area contributed by atoms with E-state index in [4.69, 9.17) is 4.74 Å². The first kappa shape index (κ1) is 16.7. The molecule has 0 spiro atoms. The summed E-state index contributed by atoms with van der Waals surface area (Å²) < 4.78 is 33.3. The summed E-state index contributed by atoms with van der Waals surface area (Å²) in [5.74, 6) is 0.702. The van der Waals surface area contributed by atoms with E-state index in [0.717, 1.165) is 18.5 Å². The molecule has 0 amide bonds. The molecule has 0 unspecified atom stereocenters. The maximum absolute atomic E-state index is 12.2. The topological polar surface area (TPSA) is 70.7 Å². The molecule has 0 radical (unpaired) electrons. The number of benzene rings is 1. The van der Waals surface area contributed by atoms with Crippen LogP contribution in [0.1, 0.15) is 12.0 Å². The van der Waals surface area contributed by atoms with Crippen molar-refractivity contribution in [3.63, 3.8) is 0 Å². The Kier molecular flexibility index (Phi) is 6.25. The fourth-order valence-corrected chi connectivity index (χ4v) is 2.73. The molecule has 1 rings (SSSR count). The number of aryl methyl sites for hydroxylation is 1. The molecular weight excluding hydrogens is 278 g/mol. The Morgan fingerprint density at radius 1 is 1.35 bits per heavy atom. The third-order valence-corrected chi connectivity index (χ3v) is 4.46. The van der Waals surface area contributed by atoms with Crippen LogP contribution in [0.5, 0.6) is 5.75 Å². The highest BCUT2D eigenvalue weighted by atomic mass is 32.2. The minimum atomic E-state index is -3.52. The lowest BCUT2D eigenvalue weighted by atomic mass is 10.2. The lowest BCUT2D eigenvalue weighted by Gasteiger charge is -2.19. The van der Waals surface area contributed by atoms with Crippen molar-refractivity contribution >= 4 is 15.9 Å². The molecule has 0 aliphatic carbocycles. The average Bonchev–Trinajstić information content (AvgIpc) is 2.41. The molecule has 0 fully saturated rings. The number of hydrogen-bond donors (Lipinski definition) is 2. The summed E-state index contributed by atoms with van der Waals surface area (Å²) >= 11 is 0. The second kappa shape index (κ2) is 7.47. The molecule has 1 aromatic carbocycles. The number of anilines is 1. The minimum absolute atomic E-state index is 0.464. The maximum Gasteiger partial charge on any atom is 0.301 e. The van der Waals surface area contributed by atoms with Crippen molar-refractivity contribution in [3.8, 4) is 5.75 Å². The first-order valence-electron chi connectivity index (χ1n) is 6.44. The lowest BCUT2D eigenvalue weighted by molar-refractivity contribution is 0.414. The van der Waals surface area contributed by atoms with Gasteiger partial charge in [-0.3, -0.25) is 4.72 Å². The molecule has 7 heteroatoms. The van der Waals surface area contributed by atoms with Crippen molar-refractivity contribution in [2.24, 2.45) is 0 Å². The molecule has 0 aromatic heterocycles. The Morgan fingerprint density at radius 2 is 2.05 bits per heavy atom. The SMILES string of the molecule is CNCCCN(C)S(=O)(=O)Nc1ccc(OC)cc1C. The number of methoxy groups -OCH3 is 1. The summed E-state index contributed by atoms with van der Waals surface area (Å²) in [4.78, 5) is 0. The van der Waals surface area contributed by atoms with Crippen molar-refractivity contribution in [2.75, 3.05) is 39.0 Å². The van der Waals surface area contributed by atoms with Gasteiger partial charge in [-0.05, 0) is 50.7 Å². The van der Waals surface area contributed by atoms with Crippen LogP contribution in [0.3, 0.4) is 0 Å². The van der Waals surface area contributed by atoms with E-state index < -0.39 is 10.2 Å². The number of rotatable bonds is 8. The first-order valence-corrected chi connectivity index (χ1v) is 7.88. The van der Waals surface area contributed by atoms with Crippen molar-refractivity contribution in [3.05, 3.63) is 23.8 Å². The van der Waals surface area contributed by atoms with Gasteiger partial charge in [-0.25, -0.2) is 0 Å². The predicted molar refractivity (Wildman–Crippen MR) is 81.4 cm³/mol. The Labute approximate surface area is 121 Å². The third kappa shape index (κ3) is 4.66. The normalized spacial score (nSPS) is 11.7. The van der Waals surface area contributed by atoms with E-state index in [2.05, 4.69) is 10.0 Å². The van der Waals surface area contributed by atoms with Gasteiger partial charge in [0, 0.05) is 13.6 Å². The Bertz CT molecular complexity index is 532. The van der Waals surface area contributed by atoms with E-state index in [0.29, 0.717) is 18.0 Å². The van der Waals surface area contributed by atoms with Gasteiger partial charge in [0.1, 0.15) is 5.75 Å². The second-order valence-electron chi connectivity index (χ2n) is 4.57. The zero-order valence-corrected chi connectivity index (χ0v) is 13.3. The smallest absolute Gasteiger partial charge is 0.301 e. The van der Waals surface area contributed by atoms with Crippen LogP contribution in [0.4, 0.5) is 5.69 Å². The molecule has 114 valence electrons. The molecule has 0 bridgehead atoms. The summed E-state index contributed by atoms with van der Waals surface area (Å²) in [6.07, 6.45) is 0.759. The van der Waals surface area contributed by atoms with Crippen LogP contribution in [0.25, 0.3) is 0 Å². The van der Waals surface area contributed by atoms with Crippen LogP contribution in [-0.2, 0) is 10.2 Å². The van der Waals surface area contributed by atoms with Crippen molar-refractivity contribution < 1.29 is 13.2 Å². The maximum atomic E-state index is 12.2. The van der Waals surface area contributed by atoms with E-state index in [1.54, 1.807) is 32.4 Å². The van der Waals surface area contributed by atoms with Gasteiger partial charge >= 0.3 is 10.2 Å². The van der Waals surface area contributed by atoms with Crippen molar-refractivity contribution in [1.29, 1.82) is 0 Å². The van der Waals surface area contributed by atoms with Crippen LogP contribution < -0.4 is 14.8 Å². The van der Waals surface area contributed by atoms with Crippen LogP contribution >= 0.6 is 0 Å². The van der Waals surface area contributed by atoms with E-state index in [9.17, 15) is 8.42 Å². The van der Waals surface area contributed by atoms with Crippen LogP contribution in [0.2, 0.25) is 0 Å². The zero-order valence-electron chi connectivity index (χ0n) is 12.4. The predicted octanol–water partition coefficient (Wildman–Crippen LogP) is 1.20. The van der Waals surface area contributed by atoms with Gasteiger partial charge in [0.15, 0.2) is 0 Å². The molecule has 6 nitrogen and oxygen atoms in total. The van der Waals surface area contributed by atoms with E-state index in [1.807, 2.05) is 14.0 Å². The summed E-state index contributed by atoms with van der Waals surface area (Å²) in [5.41, 5.74) is 1.38.